The fraction of sp³-hybridized carbons (Fsp3) is 0.364. The Bertz CT molecular complexity index is 367. The number of hydrogen-bond acceptors (Lipinski definition) is 4. The molecule has 2 atom stereocenters. The molecule has 0 heterocycles. The third-order valence-corrected chi connectivity index (χ3v) is 2.50. The summed E-state index contributed by atoms with van der Waals surface area (Å²) in [7, 11) is 1.15. The van der Waals surface area contributed by atoms with Crippen LogP contribution in [0.15, 0.2) is 24.3 Å². The molecule has 88 valence electrons. The SMILES string of the molecule is COC(=O)C(O)C(O)c1cccc(CCl)c1. The predicted molar refractivity (Wildman–Crippen MR) is 59.0 cm³/mol. The zero-order valence-electron chi connectivity index (χ0n) is 8.76. The van der Waals surface area contributed by atoms with Gasteiger partial charge in [0.1, 0.15) is 6.10 Å². The van der Waals surface area contributed by atoms with Crippen LogP contribution in [0.2, 0.25) is 0 Å². The normalized spacial score (nSPS) is 14.2. The summed E-state index contributed by atoms with van der Waals surface area (Å²) in [4.78, 5) is 11.0. The molecule has 16 heavy (non-hydrogen) atoms. The van der Waals surface area contributed by atoms with E-state index in [0.29, 0.717) is 11.4 Å². The maximum absolute atomic E-state index is 11.0. The molecule has 0 aliphatic carbocycles. The minimum Gasteiger partial charge on any atom is -0.467 e. The van der Waals surface area contributed by atoms with Crippen molar-refractivity contribution in [2.75, 3.05) is 7.11 Å². The van der Waals surface area contributed by atoms with Gasteiger partial charge in [-0.2, -0.15) is 0 Å². The molecule has 2 unspecified atom stereocenters. The van der Waals surface area contributed by atoms with Gasteiger partial charge in [0.05, 0.1) is 7.11 Å². The molecule has 5 heteroatoms. The molecule has 0 saturated carbocycles. The van der Waals surface area contributed by atoms with Crippen LogP contribution in [0.3, 0.4) is 0 Å². The number of esters is 1. The number of aliphatic hydroxyl groups is 2. The van der Waals surface area contributed by atoms with Crippen molar-refractivity contribution in [1.82, 2.24) is 0 Å². The molecule has 0 aromatic heterocycles. The zero-order chi connectivity index (χ0) is 12.1. The molecule has 1 aromatic carbocycles. The van der Waals surface area contributed by atoms with Crippen LogP contribution < -0.4 is 0 Å². The monoisotopic (exact) mass is 244 g/mol. The Labute approximate surface area is 98.4 Å². The van der Waals surface area contributed by atoms with Crippen molar-refractivity contribution in [3.63, 3.8) is 0 Å². The Morgan fingerprint density at radius 2 is 2.19 bits per heavy atom. The number of carbonyl (C=O) groups excluding carboxylic acids is 1. The third-order valence-electron chi connectivity index (χ3n) is 2.19. The highest BCUT2D eigenvalue weighted by atomic mass is 35.5. The molecule has 4 nitrogen and oxygen atoms in total. The predicted octanol–water partition coefficient (Wildman–Crippen LogP) is 0.993. The first kappa shape index (κ1) is 13.0. The molecule has 0 aliphatic heterocycles. The molecule has 0 saturated heterocycles. The molecular formula is C11H13ClO4. The van der Waals surface area contributed by atoms with E-state index >= 15 is 0 Å². The van der Waals surface area contributed by atoms with Crippen molar-refractivity contribution in [2.45, 2.75) is 18.1 Å². The Kier molecular flexibility index (Phi) is 4.73. The van der Waals surface area contributed by atoms with Gasteiger partial charge in [-0.15, -0.1) is 11.6 Å². The molecule has 0 bridgehead atoms. The molecule has 0 aliphatic rings. The first-order chi connectivity index (χ1) is 7.60. The van der Waals surface area contributed by atoms with Crippen molar-refractivity contribution >= 4 is 17.6 Å². The summed E-state index contributed by atoms with van der Waals surface area (Å²) in [5.74, 6) is -0.571. The third kappa shape index (κ3) is 2.95. The quantitative estimate of drug-likeness (QED) is 0.612. The van der Waals surface area contributed by atoms with Crippen LogP contribution in [-0.2, 0) is 15.4 Å². The maximum atomic E-state index is 11.0. The summed E-state index contributed by atoms with van der Waals surface area (Å²) in [5.41, 5.74) is 1.23. The van der Waals surface area contributed by atoms with E-state index in [9.17, 15) is 15.0 Å². The Balaban J connectivity index is 2.86. The summed E-state index contributed by atoms with van der Waals surface area (Å²) in [6.45, 7) is 0. The van der Waals surface area contributed by atoms with Gasteiger partial charge in [-0.3, -0.25) is 0 Å². The van der Waals surface area contributed by atoms with Crippen LogP contribution in [0.5, 0.6) is 0 Å². The standard InChI is InChI=1S/C11H13ClO4/c1-16-11(15)10(14)9(13)8-4-2-3-7(5-8)6-12/h2-5,9-10,13-14H,6H2,1H3. The summed E-state index contributed by atoms with van der Waals surface area (Å²) in [5, 5.41) is 19.2. The van der Waals surface area contributed by atoms with E-state index in [0.717, 1.165) is 12.7 Å². The summed E-state index contributed by atoms with van der Waals surface area (Å²) < 4.78 is 4.34. The van der Waals surface area contributed by atoms with Crippen LogP contribution in [0, 0.1) is 0 Å². The number of methoxy groups -OCH3 is 1. The number of rotatable bonds is 4. The largest absolute Gasteiger partial charge is 0.467 e. The Morgan fingerprint density at radius 1 is 1.50 bits per heavy atom. The van der Waals surface area contributed by atoms with Gasteiger partial charge in [-0.05, 0) is 11.1 Å². The van der Waals surface area contributed by atoms with Gasteiger partial charge in [-0.25, -0.2) is 4.79 Å². The fourth-order valence-electron chi connectivity index (χ4n) is 1.29. The van der Waals surface area contributed by atoms with E-state index in [1.54, 1.807) is 24.3 Å². The number of benzene rings is 1. The van der Waals surface area contributed by atoms with Crippen molar-refractivity contribution in [1.29, 1.82) is 0 Å². The number of halogens is 1. The number of aliphatic hydroxyl groups excluding tert-OH is 2. The van der Waals surface area contributed by atoms with Crippen molar-refractivity contribution < 1.29 is 19.7 Å². The molecule has 0 amide bonds. The van der Waals surface area contributed by atoms with Crippen LogP contribution >= 0.6 is 11.6 Å². The lowest BCUT2D eigenvalue weighted by Gasteiger charge is -2.16. The lowest BCUT2D eigenvalue weighted by Crippen LogP contribution is -2.29. The maximum Gasteiger partial charge on any atom is 0.337 e. The second-order valence-corrected chi connectivity index (χ2v) is 3.56. The van der Waals surface area contributed by atoms with Gasteiger partial charge in [0.15, 0.2) is 6.10 Å². The highest BCUT2D eigenvalue weighted by Crippen LogP contribution is 2.19. The van der Waals surface area contributed by atoms with Gasteiger partial charge >= 0.3 is 5.97 Å². The van der Waals surface area contributed by atoms with Gasteiger partial charge in [0.25, 0.3) is 0 Å². The van der Waals surface area contributed by atoms with E-state index in [2.05, 4.69) is 4.74 Å². The number of alkyl halides is 1. The van der Waals surface area contributed by atoms with Gasteiger partial charge in [-0.1, -0.05) is 24.3 Å². The molecule has 2 N–H and O–H groups in total. The first-order valence-electron chi connectivity index (χ1n) is 4.69. The number of hydrogen-bond donors (Lipinski definition) is 2. The van der Waals surface area contributed by atoms with Gasteiger partial charge < -0.3 is 14.9 Å². The van der Waals surface area contributed by atoms with E-state index in [-0.39, 0.29) is 0 Å². The van der Waals surface area contributed by atoms with Crippen LogP contribution in [0.1, 0.15) is 17.2 Å². The van der Waals surface area contributed by atoms with E-state index < -0.39 is 18.2 Å². The lowest BCUT2D eigenvalue weighted by atomic mass is 10.0. The average molecular weight is 245 g/mol. The second-order valence-electron chi connectivity index (χ2n) is 3.29. The second kappa shape index (κ2) is 5.84. The van der Waals surface area contributed by atoms with E-state index in [1.165, 1.54) is 0 Å². The summed E-state index contributed by atoms with van der Waals surface area (Å²) in [6.07, 6.45) is -2.90. The smallest absolute Gasteiger partial charge is 0.337 e. The van der Waals surface area contributed by atoms with E-state index in [1.807, 2.05) is 0 Å². The topological polar surface area (TPSA) is 66.8 Å². The minimum absolute atomic E-state index is 0.300. The molecule has 0 fully saturated rings. The summed E-state index contributed by atoms with van der Waals surface area (Å²) in [6, 6.07) is 6.71. The number of ether oxygens (including phenoxy) is 1. The average Bonchev–Trinajstić information content (AvgIpc) is 2.36. The highest BCUT2D eigenvalue weighted by Gasteiger charge is 2.26. The molecular weight excluding hydrogens is 232 g/mol. The Hall–Kier alpha value is -1.10. The summed E-state index contributed by atoms with van der Waals surface area (Å²) >= 11 is 5.64. The lowest BCUT2D eigenvalue weighted by molar-refractivity contribution is -0.156. The molecule has 0 radical (unpaired) electrons. The molecule has 0 spiro atoms. The first-order valence-corrected chi connectivity index (χ1v) is 5.22. The minimum atomic E-state index is -1.59. The Morgan fingerprint density at radius 3 is 2.75 bits per heavy atom. The highest BCUT2D eigenvalue weighted by molar-refractivity contribution is 6.17. The zero-order valence-corrected chi connectivity index (χ0v) is 9.52. The van der Waals surface area contributed by atoms with Crippen LogP contribution in [0.25, 0.3) is 0 Å². The van der Waals surface area contributed by atoms with Crippen molar-refractivity contribution in [3.8, 4) is 0 Å². The van der Waals surface area contributed by atoms with E-state index in [4.69, 9.17) is 11.6 Å². The van der Waals surface area contributed by atoms with Gasteiger partial charge in [0, 0.05) is 5.88 Å². The molecule has 1 aromatic rings. The fourth-order valence-corrected chi connectivity index (χ4v) is 1.46. The van der Waals surface area contributed by atoms with Crippen molar-refractivity contribution in [2.24, 2.45) is 0 Å². The molecule has 1 rings (SSSR count). The van der Waals surface area contributed by atoms with Crippen molar-refractivity contribution in [3.05, 3.63) is 35.4 Å². The van der Waals surface area contributed by atoms with Crippen LogP contribution in [0.4, 0.5) is 0 Å². The van der Waals surface area contributed by atoms with Gasteiger partial charge in [0.2, 0.25) is 0 Å². The van der Waals surface area contributed by atoms with Crippen LogP contribution in [-0.4, -0.2) is 29.4 Å². The number of carbonyl (C=O) groups is 1.